The van der Waals surface area contributed by atoms with Gasteiger partial charge in [-0.1, -0.05) is 6.92 Å². The van der Waals surface area contributed by atoms with E-state index in [1.165, 1.54) is 12.4 Å². The topological polar surface area (TPSA) is 54.4 Å². The molecule has 0 aliphatic carbocycles. The zero-order valence-electron chi connectivity index (χ0n) is 16.1. The second-order valence-electron chi connectivity index (χ2n) is 7.60. The molecule has 1 aromatic carbocycles. The molecule has 2 aliphatic heterocycles. The summed E-state index contributed by atoms with van der Waals surface area (Å²) in [5.41, 5.74) is 3.69. The third kappa shape index (κ3) is 3.27. The second kappa shape index (κ2) is 7.18. The fraction of sp³-hybridized carbons (Fsp3) is 0.381. The Morgan fingerprint density at radius 2 is 1.79 bits per heavy atom. The van der Waals surface area contributed by atoms with E-state index in [4.69, 9.17) is 9.72 Å². The summed E-state index contributed by atoms with van der Waals surface area (Å²) in [5.74, 6) is -0.995. The van der Waals surface area contributed by atoms with Crippen LogP contribution in [0.2, 0.25) is 0 Å². The van der Waals surface area contributed by atoms with E-state index in [9.17, 15) is 8.78 Å². The molecule has 8 heteroatoms. The molecule has 0 bridgehead atoms. The molecule has 0 radical (unpaired) electrons. The second-order valence-corrected chi connectivity index (χ2v) is 7.60. The van der Waals surface area contributed by atoms with E-state index in [2.05, 4.69) is 32.8 Å². The number of hydrogen-bond donors (Lipinski definition) is 0. The van der Waals surface area contributed by atoms with E-state index in [0.717, 1.165) is 36.1 Å². The summed E-state index contributed by atoms with van der Waals surface area (Å²) in [6.07, 6.45) is 3.34. The molecule has 1 saturated heterocycles. The van der Waals surface area contributed by atoms with Gasteiger partial charge in [-0.2, -0.15) is 0 Å². The molecular formula is C21H21F2N5O. The molecule has 5 rings (SSSR count). The van der Waals surface area contributed by atoms with Crippen LogP contribution in [0.25, 0.3) is 10.9 Å². The van der Waals surface area contributed by atoms with Gasteiger partial charge in [0.05, 0.1) is 36.3 Å². The third-order valence-corrected chi connectivity index (χ3v) is 5.64. The summed E-state index contributed by atoms with van der Waals surface area (Å²) in [5, 5.41) is 0.513. The van der Waals surface area contributed by atoms with Crippen molar-refractivity contribution in [3.8, 4) is 0 Å². The van der Waals surface area contributed by atoms with Crippen LogP contribution in [0.5, 0.6) is 0 Å². The molecule has 0 N–H and O–H groups in total. The smallest absolute Gasteiger partial charge is 0.161 e. The molecule has 6 nitrogen and oxygen atoms in total. The first kappa shape index (κ1) is 18.2. The summed E-state index contributed by atoms with van der Waals surface area (Å²) < 4.78 is 33.0. The van der Waals surface area contributed by atoms with E-state index in [0.29, 0.717) is 43.0 Å². The number of halogens is 2. The maximum Gasteiger partial charge on any atom is 0.161 e. The van der Waals surface area contributed by atoms with Crippen LogP contribution in [0.15, 0.2) is 30.7 Å². The van der Waals surface area contributed by atoms with E-state index < -0.39 is 11.6 Å². The zero-order chi connectivity index (χ0) is 20.0. The van der Waals surface area contributed by atoms with Gasteiger partial charge in [0.15, 0.2) is 11.6 Å². The van der Waals surface area contributed by atoms with Gasteiger partial charge in [-0.15, -0.1) is 0 Å². The standard InChI is InChI=1S/C21H21F2N5O/c1-13-10-28(21-16-7-17(22)18(23)8-19(16)25-12-26-21)11-14-6-15(9-24-20(13)14)27-2-4-29-5-3-27/h6-9,12-13H,2-5,10-11H2,1H3/t13-/m1/s1. The van der Waals surface area contributed by atoms with Gasteiger partial charge in [0, 0.05) is 43.5 Å². The summed E-state index contributed by atoms with van der Waals surface area (Å²) in [4.78, 5) is 17.6. The molecule has 150 valence electrons. The highest BCUT2D eigenvalue weighted by Gasteiger charge is 2.27. The van der Waals surface area contributed by atoms with Crippen molar-refractivity contribution in [2.75, 3.05) is 42.6 Å². The molecule has 1 fully saturated rings. The number of rotatable bonds is 2. The van der Waals surface area contributed by atoms with Crippen molar-refractivity contribution < 1.29 is 13.5 Å². The predicted molar refractivity (Wildman–Crippen MR) is 106 cm³/mol. The molecule has 0 amide bonds. The lowest BCUT2D eigenvalue weighted by molar-refractivity contribution is 0.122. The third-order valence-electron chi connectivity index (χ3n) is 5.64. The SMILES string of the molecule is C[C@@H]1CN(c2ncnc3cc(F)c(F)cc23)Cc2cc(N3CCOCC3)cnc21. The van der Waals surface area contributed by atoms with Crippen molar-refractivity contribution in [3.63, 3.8) is 0 Å². The monoisotopic (exact) mass is 397 g/mol. The number of pyridine rings is 1. The fourth-order valence-corrected chi connectivity index (χ4v) is 4.21. The van der Waals surface area contributed by atoms with Gasteiger partial charge in [-0.25, -0.2) is 18.7 Å². The van der Waals surface area contributed by atoms with Crippen LogP contribution in [-0.2, 0) is 11.3 Å². The molecule has 0 saturated carbocycles. The van der Waals surface area contributed by atoms with Crippen LogP contribution in [0.4, 0.5) is 20.3 Å². The number of nitrogens with zero attached hydrogens (tertiary/aromatic N) is 5. The highest BCUT2D eigenvalue weighted by Crippen LogP contribution is 2.34. The lowest BCUT2D eigenvalue weighted by atomic mass is 9.95. The Morgan fingerprint density at radius 3 is 2.62 bits per heavy atom. The van der Waals surface area contributed by atoms with Gasteiger partial charge >= 0.3 is 0 Å². The molecule has 4 heterocycles. The number of morpholine rings is 1. The summed E-state index contributed by atoms with van der Waals surface area (Å²) in [7, 11) is 0. The van der Waals surface area contributed by atoms with Crippen molar-refractivity contribution in [2.45, 2.75) is 19.4 Å². The van der Waals surface area contributed by atoms with Gasteiger partial charge in [0.1, 0.15) is 12.1 Å². The average molecular weight is 397 g/mol. The van der Waals surface area contributed by atoms with E-state index in [-0.39, 0.29) is 5.92 Å². The van der Waals surface area contributed by atoms with Crippen molar-refractivity contribution in [1.82, 2.24) is 15.0 Å². The lowest BCUT2D eigenvalue weighted by Crippen LogP contribution is -2.37. The van der Waals surface area contributed by atoms with Crippen molar-refractivity contribution in [1.29, 1.82) is 0 Å². The first-order chi connectivity index (χ1) is 14.1. The van der Waals surface area contributed by atoms with Crippen LogP contribution in [-0.4, -0.2) is 47.8 Å². The first-order valence-electron chi connectivity index (χ1n) is 9.76. The summed E-state index contributed by atoms with van der Waals surface area (Å²) in [6.45, 7) is 6.56. The minimum Gasteiger partial charge on any atom is -0.378 e. The molecule has 2 aliphatic rings. The van der Waals surface area contributed by atoms with Crippen LogP contribution in [0.1, 0.15) is 24.1 Å². The molecule has 0 spiro atoms. The summed E-state index contributed by atoms with van der Waals surface area (Å²) in [6, 6.07) is 4.48. The minimum absolute atomic E-state index is 0.188. The Balaban J connectivity index is 1.52. The van der Waals surface area contributed by atoms with Crippen LogP contribution < -0.4 is 9.80 Å². The van der Waals surface area contributed by atoms with E-state index in [1.807, 2.05) is 6.20 Å². The Kier molecular flexibility index (Phi) is 4.50. The van der Waals surface area contributed by atoms with Gasteiger partial charge in [0.25, 0.3) is 0 Å². The molecule has 2 aromatic heterocycles. The van der Waals surface area contributed by atoms with Gasteiger partial charge in [0.2, 0.25) is 0 Å². The highest BCUT2D eigenvalue weighted by molar-refractivity contribution is 5.89. The van der Waals surface area contributed by atoms with Gasteiger partial charge < -0.3 is 14.5 Å². The molecular weight excluding hydrogens is 376 g/mol. The number of fused-ring (bicyclic) bond motifs is 2. The van der Waals surface area contributed by atoms with E-state index in [1.54, 1.807) is 0 Å². The van der Waals surface area contributed by atoms with Crippen LogP contribution in [0.3, 0.4) is 0 Å². The van der Waals surface area contributed by atoms with Crippen LogP contribution in [0, 0.1) is 11.6 Å². The van der Waals surface area contributed by atoms with Crippen LogP contribution >= 0.6 is 0 Å². The average Bonchev–Trinajstić information content (AvgIpc) is 2.74. The lowest BCUT2D eigenvalue weighted by Gasteiger charge is -2.35. The van der Waals surface area contributed by atoms with Gasteiger partial charge in [-0.05, 0) is 17.7 Å². The van der Waals surface area contributed by atoms with Crippen molar-refractivity contribution in [3.05, 3.63) is 53.6 Å². The Labute approximate surface area is 167 Å². The van der Waals surface area contributed by atoms with Crippen molar-refractivity contribution in [2.24, 2.45) is 0 Å². The normalized spacial score (nSPS) is 19.5. The number of aromatic nitrogens is 3. The summed E-state index contributed by atoms with van der Waals surface area (Å²) >= 11 is 0. The largest absolute Gasteiger partial charge is 0.378 e. The number of hydrogen-bond acceptors (Lipinski definition) is 6. The maximum absolute atomic E-state index is 13.9. The Hall–Kier alpha value is -2.87. The van der Waals surface area contributed by atoms with Crippen molar-refractivity contribution >= 4 is 22.4 Å². The Bertz CT molecular complexity index is 1070. The minimum atomic E-state index is -0.904. The fourth-order valence-electron chi connectivity index (χ4n) is 4.21. The predicted octanol–water partition coefficient (Wildman–Crippen LogP) is 3.26. The maximum atomic E-state index is 13.9. The zero-order valence-corrected chi connectivity index (χ0v) is 16.1. The highest BCUT2D eigenvalue weighted by atomic mass is 19.2. The van der Waals surface area contributed by atoms with E-state index >= 15 is 0 Å². The Morgan fingerprint density at radius 1 is 1.00 bits per heavy atom. The molecule has 0 unspecified atom stereocenters. The number of anilines is 2. The molecule has 1 atom stereocenters. The molecule has 29 heavy (non-hydrogen) atoms. The number of ether oxygens (including phenoxy) is 1. The quantitative estimate of drug-likeness (QED) is 0.662. The number of benzene rings is 1. The van der Waals surface area contributed by atoms with Gasteiger partial charge in [-0.3, -0.25) is 4.98 Å². The molecule has 3 aromatic rings. The first-order valence-corrected chi connectivity index (χ1v) is 9.76.